The molecule has 24 heavy (non-hydrogen) atoms. The van der Waals surface area contributed by atoms with Crippen LogP contribution in [0, 0.1) is 25.2 Å². The molecule has 2 heterocycles. The molecule has 0 aliphatic carbocycles. The minimum atomic E-state index is 0.582. The van der Waals surface area contributed by atoms with Crippen LogP contribution in [-0.2, 0) is 0 Å². The molecule has 118 valence electrons. The number of nitriles is 1. The van der Waals surface area contributed by atoms with Crippen LogP contribution in [0.5, 0.6) is 0 Å². The van der Waals surface area contributed by atoms with Gasteiger partial charge in [0.05, 0.1) is 11.6 Å². The van der Waals surface area contributed by atoms with E-state index in [-0.39, 0.29) is 0 Å². The fraction of sp³-hybridized carbons (Fsp3) is 0.100. The van der Waals surface area contributed by atoms with Gasteiger partial charge in [-0.25, -0.2) is 4.98 Å². The minimum Gasteiger partial charge on any atom is -0.303 e. The van der Waals surface area contributed by atoms with Gasteiger partial charge in [-0.15, -0.1) is 0 Å². The van der Waals surface area contributed by atoms with E-state index in [4.69, 9.17) is 11.6 Å². The Balaban J connectivity index is 2.09. The van der Waals surface area contributed by atoms with Gasteiger partial charge in [0.25, 0.3) is 0 Å². The van der Waals surface area contributed by atoms with E-state index in [1.807, 2.05) is 50.3 Å². The molecule has 1 aromatic carbocycles. The van der Waals surface area contributed by atoms with Crippen LogP contribution in [0.4, 0.5) is 0 Å². The molecule has 0 amide bonds. The van der Waals surface area contributed by atoms with Crippen molar-refractivity contribution in [2.45, 2.75) is 13.8 Å². The summed E-state index contributed by atoms with van der Waals surface area (Å²) in [5, 5.41) is 10.2. The molecular weight excluding hydrogens is 318 g/mol. The molecule has 0 spiro atoms. The zero-order chi connectivity index (χ0) is 17.1. The zero-order valence-electron chi connectivity index (χ0n) is 13.5. The second-order valence-corrected chi connectivity index (χ2v) is 5.97. The van der Waals surface area contributed by atoms with Crippen LogP contribution in [0.3, 0.4) is 0 Å². The second-order valence-electron chi connectivity index (χ2n) is 5.53. The molecule has 0 N–H and O–H groups in total. The van der Waals surface area contributed by atoms with Crippen LogP contribution >= 0.6 is 11.6 Å². The van der Waals surface area contributed by atoms with Gasteiger partial charge >= 0.3 is 0 Å². The van der Waals surface area contributed by atoms with Crippen LogP contribution in [0.2, 0.25) is 5.02 Å². The predicted octanol–water partition coefficient (Wildman–Crippen LogP) is 5.21. The van der Waals surface area contributed by atoms with Crippen molar-refractivity contribution in [2.24, 2.45) is 0 Å². The van der Waals surface area contributed by atoms with Gasteiger partial charge in [-0.05, 0) is 61.4 Å². The molecular formula is C20H16ClN3. The number of halogens is 1. The molecule has 4 heteroatoms. The maximum absolute atomic E-state index is 9.54. The smallest absolute Gasteiger partial charge is 0.136 e. The van der Waals surface area contributed by atoms with Gasteiger partial charge in [0.15, 0.2) is 0 Å². The molecule has 2 aromatic heterocycles. The van der Waals surface area contributed by atoms with Crippen LogP contribution in [-0.4, -0.2) is 9.55 Å². The first kappa shape index (κ1) is 16.0. The van der Waals surface area contributed by atoms with E-state index >= 15 is 0 Å². The molecule has 0 aliphatic heterocycles. The topological polar surface area (TPSA) is 41.6 Å². The third kappa shape index (κ3) is 3.10. The fourth-order valence-electron chi connectivity index (χ4n) is 2.76. The summed E-state index contributed by atoms with van der Waals surface area (Å²) in [7, 11) is 0. The highest BCUT2D eigenvalue weighted by molar-refractivity contribution is 6.30. The zero-order valence-corrected chi connectivity index (χ0v) is 14.2. The molecule has 0 radical (unpaired) electrons. The summed E-state index contributed by atoms with van der Waals surface area (Å²) >= 11 is 6.04. The van der Waals surface area contributed by atoms with Crippen molar-refractivity contribution in [3.05, 3.63) is 82.3 Å². The second kappa shape index (κ2) is 6.74. The standard InChI is InChI=1S/C20H16ClN3/c1-14-10-17(15(2)24(14)20-8-3-4-9-23-20)11-18(13-22)16-6-5-7-19(21)12-16/h3-12H,1-2H3/b18-11-. The van der Waals surface area contributed by atoms with E-state index in [2.05, 4.69) is 21.7 Å². The van der Waals surface area contributed by atoms with Crippen molar-refractivity contribution in [1.29, 1.82) is 5.26 Å². The molecule has 0 atom stereocenters. The first-order valence-electron chi connectivity index (χ1n) is 7.58. The minimum absolute atomic E-state index is 0.582. The Morgan fingerprint density at radius 3 is 2.67 bits per heavy atom. The number of rotatable bonds is 3. The Bertz CT molecular complexity index is 947. The van der Waals surface area contributed by atoms with Gasteiger partial charge in [-0.2, -0.15) is 5.26 Å². The quantitative estimate of drug-likeness (QED) is 0.617. The lowest BCUT2D eigenvalue weighted by Gasteiger charge is -2.08. The third-order valence-electron chi connectivity index (χ3n) is 3.90. The van der Waals surface area contributed by atoms with Crippen LogP contribution in [0.1, 0.15) is 22.5 Å². The molecule has 3 nitrogen and oxygen atoms in total. The summed E-state index contributed by atoms with van der Waals surface area (Å²) in [4.78, 5) is 4.41. The summed E-state index contributed by atoms with van der Waals surface area (Å²) < 4.78 is 2.08. The SMILES string of the molecule is Cc1cc(/C=C(/C#N)c2cccc(Cl)c2)c(C)n1-c1ccccn1. The summed E-state index contributed by atoms with van der Waals surface area (Å²) in [5.41, 5.74) is 4.50. The lowest BCUT2D eigenvalue weighted by molar-refractivity contribution is 0.921. The maximum atomic E-state index is 9.54. The summed E-state index contributed by atoms with van der Waals surface area (Å²) in [5.74, 6) is 0.869. The van der Waals surface area contributed by atoms with Crippen molar-refractivity contribution in [3.63, 3.8) is 0 Å². The number of allylic oxidation sites excluding steroid dienone is 1. The molecule has 0 aliphatic rings. The average Bonchev–Trinajstić information content (AvgIpc) is 2.87. The Morgan fingerprint density at radius 2 is 2.00 bits per heavy atom. The van der Waals surface area contributed by atoms with E-state index in [0.717, 1.165) is 28.3 Å². The summed E-state index contributed by atoms with van der Waals surface area (Å²) in [6, 6.07) is 17.5. The van der Waals surface area contributed by atoms with Gasteiger partial charge < -0.3 is 4.57 Å². The molecule has 0 unspecified atom stereocenters. The van der Waals surface area contributed by atoms with Crippen molar-refractivity contribution in [2.75, 3.05) is 0 Å². The first-order valence-corrected chi connectivity index (χ1v) is 7.96. The summed E-state index contributed by atoms with van der Waals surface area (Å²) in [6.07, 6.45) is 3.67. The number of hydrogen-bond donors (Lipinski definition) is 0. The van der Waals surface area contributed by atoms with Crippen molar-refractivity contribution < 1.29 is 0 Å². The van der Waals surface area contributed by atoms with E-state index in [9.17, 15) is 5.26 Å². The lowest BCUT2D eigenvalue weighted by atomic mass is 10.0. The number of aromatic nitrogens is 2. The van der Waals surface area contributed by atoms with Gasteiger partial charge in [-0.1, -0.05) is 29.8 Å². The van der Waals surface area contributed by atoms with E-state index in [0.29, 0.717) is 10.6 Å². The Kier molecular flexibility index (Phi) is 4.50. The third-order valence-corrected chi connectivity index (χ3v) is 4.14. The molecule has 0 fully saturated rings. The number of nitrogens with zero attached hydrogens (tertiary/aromatic N) is 3. The molecule has 0 saturated heterocycles. The molecule has 0 bridgehead atoms. The van der Waals surface area contributed by atoms with Crippen molar-refractivity contribution in [1.82, 2.24) is 9.55 Å². The van der Waals surface area contributed by atoms with Crippen molar-refractivity contribution >= 4 is 23.3 Å². The number of benzene rings is 1. The fourth-order valence-corrected chi connectivity index (χ4v) is 2.95. The van der Waals surface area contributed by atoms with Crippen LogP contribution < -0.4 is 0 Å². The lowest BCUT2D eigenvalue weighted by Crippen LogP contribution is -2.01. The Hall–Kier alpha value is -2.83. The highest BCUT2D eigenvalue weighted by atomic mass is 35.5. The highest BCUT2D eigenvalue weighted by Crippen LogP contribution is 2.25. The van der Waals surface area contributed by atoms with E-state index in [1.54, 1.807) is 18.3 Å². The maximum Gasteiger partial charge on any atom is 0.136 e. The number of aryl methyl sites for hydroxylation is 1. The van der Waals surface area contributed by atoms with Crippen LogP contribution in [0.25, 0.3) is 17.5 Å². The molecule has 0 saturated carbocycles. The molecule has 3 aromatic rings. The monoisotopic (exact) mass is 333 g/mol. The highest BCUT2D eigenvalue weighted by Gasteiger charge is 2.11. The number of pyridine rings is 1. The van der Waals surface area contributed by atoms with Gasteiger partial charge in [0.1, 0.15) is 5.82 Å². The average molecular weight is 334 g/mol. The normalized spacial score (nSPS) is 11.3. The van der Waals surface area contributed by atoms with Gasteiger partial charge in [-0.3, -0.25) is 0 Å². The van der Waals surface area contributed by atoms with Gasteiger partial charge in [0, 0.05) is 22.6 Å². The largest absolute Gasteiger partial charge is 0.303 e. The first-order chi connectivity index (χ1) is 11.6. The van der Waals surface area contributed by atoms with Gasteiger partial charge in [0.2, 0.25) is 0 Å². The predicted molar refractivity (Wildman–Crippen MR) is 98.0 cm³/mol. The van der Waals surface area contributed by atoms with E-state index < -0.39 is 0 Å². The molecule has 3 rings (SSSR count). The number of hydrogen-bond acceptors (Lipinski definition) is 2. The Labute approximate surface area is 146 Å². The van der Waals surface area contributed by atoms with E-state index in [1.165, 1.54) is 0 Å². The summed E-state index contributed by atoms with van der Waals surface area (Å²) in [6.45, 7) is 4.06. The van der Waals surface area contributed by atoms with Crippen molar-refractivity contribution in [3.8, 4) is 11.9 Å². The Morgan fingerprint density at radius 1 is 1.17 bits per heavy atom. The van der Waals surface area contributed by atoms with Crippen LogP contribution in [0.15, 0.2) is 54.7 Å².